The molecule has 2 aliphatic rings. The van der Waals surface area contributed by atoms with Crippen molar-refractivity contribution in [2.75, 3.05) is 20.2 Å². The Kier molecular flexibility index (Phi) is 6.48. The van der Waals surface area contributed by atoms with E-state index in [-0.39, 0.29) is 36.7 Å². The highest BCUT2D eigenvalue weighted by Crippen LogP contribution is 2.43. The van der Waals surface area contributed by atoms with E-state index in [1.165, 1.54) is 0 Å². The van der Waals surface area contributed by atoms with E-state index in [4.69, 9.17) is 21.1 Å². The van der Waals surface area contributed by atoms with Crippen molar-refractivity contribution in [2.24, 2.45) is 0 Å². The molecule has 6 nitrogen and oxygen atoms in total. The van der Waals surface area contributed by atoms with E-state index in [0.29, 0.717) is 53.6 Å². The van der Waals surface area contributed by atoms with Crippen molar-refractivity contribution in [1.29, 1.82) is 0 Å². The summed E-state index contributed by atoms with van der Waals surface area (Å²) < 4.78 is 11.5. The number of carbonyl (C=O) groups is 3. The predicted molar refractivity (Wildman–Crippen MR) is 126 cm³/mol. The van der Waals surface area contributed by atoms with Crippen LogP contribution in [-0.4, -0.2) is 48.2 Å². The first-order valence-electron chi connectivity index (χ1n) is 11.2. The molecule has 0 aromatic heterocycles. The molecule has 2 aromatic carbocycles. The molecule has 1 spiro atoms. The number of piperidine rings is 1. The van der Waals surface area contributed by atoms with E-state index in [0.717, 1.165) is 11.1 Å². The molecule has 1 fully saturated rings. The van der Waals surface area contributed by atoms with Crippen LogP contribution in [0.1, 0.15) is 63.9 Å². The largest absolute Gasteiger partial charge is 0.497 e. The fourth-order valence-corrected chi connectivity index (χ4v) is 4.89. The lowest BCUT2D eigenvalue weighted by atomic mass is 9.81. The Morgan fingerprint density at radius 2 is 1.79 bits per heavy atom. The van der Waals surface area contributed by atoms with E-state index in [2.05, 4.69) is 0 Å². The van der Waals surface area contributed by atoms with Gasteiger partial charge in [-0.3, -0.25) is 14.4 Å². The molecule has 0 aliphatic carbocycles. The zero-order valence-electron chi connectivity index (χ0n) is 19.2. The molecule has 2 aromatic rings. The molecular weight excluding hydrogens is 442 g/mol. The number of ether oxygens (including phenoxy) is 2. The first-order chi connectivity index (χ1) is 15.7. The predicted octanol–water partition coefficient (Wildman–Crippen LogP) is 4.95. The average molecular weight is 470 g/mol. The number of hydrogen-bond acceptors (Lipinski definition) is 5. The number of aryl methyl sites for hydroxylation is 1. The van der Waals surface area contributed by atoms with Crippen LogP contribution in [0.4, 0.5) is 0 Å². The lowest BCUT2D eigenvalue weighted by molar-refractivity contribution is -0.134. The first kappa shape index (κ1) is 23.3. The molecule has 7 heteroatoms. The monoisotopic (exact) mass is 469 g/mol. The zero-order valence-corrected chi connectivity index (χ0v) is 20.0. The highest BCUT2D eigenvalue weighted by Gasteiger charge is 2.44. The molecule has 2 heterocycles. The number of halogens is 1. The van der Waals surface area contributed by atoms with Gasteiger partial charge in [0, 0.05) is 49.4 Å². The number of carbonyl (C=O) groups excluding carboxylic acids is 3. The molecule has 4 rings (SSSR count). The smallest absolute Gasteiger partial charge is 0.223 e. The number of fused-ring (bicyclic) bond motifs is 1. The van der Waals surface area contributed by atoms with Gasteiger partial charge in [0.2, 0.25) is 5.91 Å². The van der Waals surface area contributed by atoms with Gasteiger partial charge in [0.1, 0.15) is 17.1 Å². The summed E-state index contributed by atoms with van der Waals surface area (Å²) in [5, 5.41) is 0.603. The number of ketones is 2. The number of methoxy groups -OCH3 is 1. The SMILES string of the molecule is COc1ccc(C(=O)CCC(=O)N2CCC3(CC2)CC(=O)c2c(cc(C)c(Cl)c2C)O3)cc1. The van der Waals surface area contributed by atoms with Crippen LogP contribution in [0.15, 0.2) is 30.3 Å². The van der Waals surface area contributed by atoms with Crippen LogP contribution in [0.5, 0.6) is 11.5 Å². The minimum Gasteiger partial charge on any atom is -0.497 e. The maximum Gasteiger partial charge on any atom is 0.223 e. The maximum atomic E-state index is 12.9. The van der Waals surface area contributed by atoms with Gasteiger partial charge in [-0.05, 0) is 55.3 Å². The molecule has 1 saturated heterocycles. The van der Waals surface area contributed by atoms with Crippen LogP contribution in [0.25, 0.3) is 0 Å². The summed E-state index contributed by atoms with van der Waals surface area (Å²) in [4.78, 5) is 39.9. The van der Waals surface area contributed by atoms with Gasteiger partial charge in [-0.1, -0.05) is 11.6 Å². The summed E-state index contributed by atoms with van der Waals surface area (Å²) in [5.74, 6) is 1.20. The second-order valence-electron chi connectivity index (χ2n) is 8.92. The Labute approximate surface area is 198 Å². The van der Waals surface area contributed by atoms with Gasteiger partial charge in [0.15, 0.2) is 11.6 Å². The van der Waals surface area contributed by atoms with Crippen LogP contribution in [0.3, 0.4) is 0 Å². The highest BCUT2D eigenvalue weighted by atomic mass is 35.5. The topological polar surface area (TPSA) is 72.9 Å². The van der Waals surface area contributed by atoms with Crippen LogP contribution in [-0.2, 0) is 4.79 Å². The third-order valence-corrected chi connectivity index (χ3v) is 7.32. The van der Waals surface area contributed by atoms with Gasteiger partial charge in [0.05, 0.1) is 19.1 Å². The van der Waals surface area contributed by atoms with Crippen molar-refractivity contribution in [1.82, 2.24) is 4.90 Å². The quantitative estimate of drug-likeness (QED) is 0.579. The molecule has 0 unspecified atom stereocenters. The number of nitrogens with zero attached hydrogens (tertiary/aromatic N) is 1. The summed E-state index contributed by atoms with van der Waals surface area (Å²) in [6.07, 6.45) is 1.78. The average Bonchev–Trinajstić information content (AvgIpc) is 2.81. The van der Waals surface area contributed by atoms with Gasteiger partial charge < -0.3 is 14.4 Å². The van der Waals surface area contributed by atoms with Crippen LogP contribution in [0, 0.1) is 13.8 Å². The fraction of sp³-hybridized carbons (Fsp3) is 0.423. The van der Waals surface area contributed by atoms with Crippen molar-refractivity contribution in [3.05, 3.63) is 57.6 Å². The Bertz CT molecular complexity index is 1100. The summed E-state index contributed by atoms with van der Waals surface area (Å²) in [6, 6.07) is 8.73. The molecule has 0 bridgehead atoms. The van der Waals surface area contributed by atoms with E-state index >= 15 is 0 Å². The van der Waals surface area contributed by atoms with Gasteiger partial charge in [-0.2, -0.15) is 0 Å². The van der Waals surface area contributed by atoms with Crippen LogP contribution >= 0.6 is 11.6 Å². The molecule has 0 radical (unpaired) electrons. The number of likely N-dealkylation sites (tertiary alicyclic amines) is 1. The standard InChI is InChI=1S/C26H28ClNO5/c1-16-14-22-24(17(2)25(16)27)21(30)15-26(33-22)10-12-28(13-11-26)23(31)9-8-20(29)18-4-6-19(32-3)7-5-18/h4-7,14H,8-13,15H2,1-3H3. The van der Waals surface area contributed by atoms with Crippen molar-refractivity contribution in [3.8, 4) is 11.5 Å². The van der Waals surface area contributed by atoms with Gasteiger partial charge in [0.25, 0.3) is 0 Å². The summed E-state index contributed by atoms with van der Waals surface area (Å²) in [7, 11) is 1.57. The number of hydrogen-bond donors (Lipinski definition) is 0. The highest BCUT2D eigenvalue weighted by molar-refractivity contribution is 6.32. The van der Waals surface area contributed by atoms with Crippen molar-refractivity contribution in [3.63, 3.8) is 0 Å². The van der Waals surface area contributed by atoms with E-state index in [1.54, 1.807) is 36.3 Å². The summed E-state index contributed by atoms with van der Waals surface area (Å²) >= 11 is 6.33. The minimum absolute atomic E-state index is 0.0421. The molecule has 0 saturated carbocycles. The summed E-state index contributed by atoms with van der Waals surface area (Å²) in [6.45, 7) is 4.76. The Hall–Kier alpha value is -2.86. The van der Waals surface area contributed by atoms with Gasteiger partial charge in [-0.15, -0.1) is 0 Å². The number of rotatable bonds is 5. The minimum atomic E-state index is -0.591. The lowest BCUT2D eigenvalue weighted by Crippen LogP contribution is -2.52. The van der Waals surface area contributed by atoms with Crippen LogP contribution < -0.4 is 9.47 Å². The molecule has 2 aliphatic heterocycles. The van der Waals surface area contributed by atoms with Crippen molar-refractivity contribution < 1.29 is 23.9 Å². The third kappa shape index (κ3) is 4.62. The Morgan fingerprint density at radius 3 is 2.42 bits per heavy atom. The molecule has 1 amide bonds. The molecule has 174 valence electrons. The zero-order chi connectivity index (χ0) is 23.8. The van der Waals surface area contributed by atoms with Crippen molar-refractivity contribution >= 4 is 29.1 Å². The number of amides is 1. The third-order valence-electron chi connectivity index (χ3n) is 6.74. The summed E-state index contributed by atoms with van der Waals surface area (Å²) in [5.41, 5.74) is 2.20. The molecule has 33 heavy (non-hydrogen) atoms. The first-order valence-corrected chi connectivity index (χ1v) is 11.6. The van der Waals surface area contributed by atoms with Gasteiger partial charge in [-0.25, -0.2) is 0 Å². The Morgan fingerprint density at radius 1 is 1.12 bits per heavy atom. The number of benzene rings is 2. The van der Waals surface area contributed by atoms with Crippen molar-refractivity contribution in [2.45, 2.75) is 51.6 Å². The van der Waals surface area contributed by atoms with Crippen LogP contribution in [0.2, 0.25) is 5.02 Å². The van der Waals surface area contributed by atoms with E-state index < -0.39 is 5.60 Å². The fourth-order valence-electron chi connectivity index (χ4n) is 4.74. The molecule has 0 atom stereocenters. The van der Waals surface area contributed by atoms with E-state index in [1.807, 2.05) is 19.9 Å². The lowest BCUT2D eigenvalue weighted by Gasteiger charge is -2.44. The van der Waals surface area contributed by atoms with E-state index in [9.17, 15) is 14.4 Å². The maximum absolute atomic E-state index is 12.9. The second-order valence-corrected chi connectivity index (χ2v) is 9.30. The molecule has 0 N–H and O–H groups in total. The second kappa shape index (κ2) is 9.18. The molecular formula is C26H28ClNO5. The normalized spacial score (nSPS) is 16.8. The Balaban J connectivity index is 1.35. The number of Topliss-reactive ketones (excluding diaryl/α,β-unsaturated/α-hetero) is 2. The van der Waals surface area contributed by atoms with Gasteiger partial charge >= 0.3 is 0 Å².